The number of anilines is 1. The summed E-state index contributed by atoms with van der Waals surface area (Å²) < 4.78 is 27.7. The molecule has 2 unspecified atom stereocenters. The van der Waals surface area contributed by atoms with Gasteiger partial charge in [-0.1, -0.05) is 5.16 Å². The van der Waals surface area contributed by atoms with Crippen LogP contribution in [0.5, 0.6) is 0 Å². The van der Waals surface area contributed by atoms with Crippen LogP contribution in [0.1, 0.15) is 18.6 Å². The van der Waals surface area contributed by atoms with Gasteiger partial charge in [0.2, 0.25) is 11.8 Å². The summed E-state index contributed by atoms with van der Waals surface area (Å²) in [5.74, 6) is 0.115. The summed E-state index contributed by atoms with van der Waals surface area (Å²) in [7, 11) is -3.04. The van der Waals surface area contributed by atoms with Gasteiger partial charge in [0.25, 0.3) is 0 Å². The van der Waals surface area contributed by atoms with Crippen LogP contribution < -0.4 is 10.2 Å². The quantitative estimate of drug-likeness (QED) is 0.812. The van der Waals surface area contributed by atoms with Gasteiger partial charge in [-0.25, -0.2) is 8.42 Å². The molecule has 2 atom stereocenters. The zero-order chi connectivity index (χ0) is 15.9. The van der Waals surface area contributed by atoms with E-state index in [2.05, 4.69) is 10.5 Å². The molecule has 0 saturated carbocycles. The molecule has 8 nitrogen and oxygen atoms in total. The van der Waals surface area contributed by atoms with Crippen LogP contribution in [-0.2, 0) is 19.4 Å². The number of aryl methyl sites for hydroxylation is 1. The summed E-state index contributed by atoms with van der Waals surface area (Å²) in [6.45, 7) is 1.96. The molecule has 0 aromatic carbocycles. The first-order valence-corrected chi connectivity index (χ1v) is 8.91. The third-order valence-corrected chi connectivity index (χ3v) is 5.73. The third kappa shape index (κ3) is 2.99. The number of aromatic nitrogens is 1. The maximum absolute atomic E-state index is 12.2. The van der Waals surface area contributed by atoms with Crippen LogP contribution in [0.15, 0.2) is 10.6 Å². The van der Waals surface area contributed by atoms with E-state index in [9.17, 15) is 18.0 Å². The van der Waals surface area contributed by atoms with Crippen molar-refractivity contribution in [2.45, 2.75) is 25.8 Å². The van der Waals surface area contributed by atoms with Crippen molar-refractivity contribution in [1.82, 2.24) is 10.5 Å². The monoisotopic (exact) mass is 327 g/mol. The third-order valence-electron chi connectivity index (χ3n) is 3.97. The topological polar surface area (TPSA) is 110 Å². The first-order valence-electron chi connectivity index (χ1n) is 7.08. The Kier molecular flexibility index (Phi) is 3.67. The second kappa shape index (κ2) is 5.38. The maximum atomic E-state index is 12.2. The fourth-order valence-electron chi connectivity index (χ4n) is 2.81. The second-order valence-corrected chi connectivity index (χ2v) is 8.04. The minimum Gasteiger partial charge on any atom is -0.360 e. The first-order chi connectivity index (χ1) is 10.3. The van der Waals surface area contributed by atoms with Crippen LogP contribution in [0.4, 0.5) is 5.82 Å². The Labute approximate surface area is 127 Å². The molecule has 0 radical (unpaired) electrons. The molecule has 22 heavy (non-hydrogen) atoms. The minimum absolute atomic E-state index is 0.0222. The lowest BCUT2D eigenvalue weighted by Gasteiger charge is -2.15. The van der Waals surface area contributed by atoms with Crippen molar-refractivity contribution in [3.05, 3.63) is 11.8 Å². The van der Waals surface area contributed by atoms with Crippen molar-refractivity contribution >= 4 is 27.5 Å². The van der Waals surface area contributed by atoms with Gasteiger partial charge in [-0.3, -0.25) is 14.5 Å². The van der Waals surface area contributed by atoms with Crippen molar-refractivity contribution < 1.29 is 22.5 Å². The smallest absolute Gasteiger partial charge is 0.229 e. The van der Waals surface area contributed by atoms with Crippen LogP contribution in [0.25, 0.3) is 0 Å². The largest absolute Gasteiger partial charge is 0.360 e. The van der Waals surface area contributed by atoms with Crippen molar-refractivity contribution in [1.29, 1.82) is 0 Å². The lowest BCUT2D eigenvalue weighted by molar-refractivity contribution is -0.126. The molecule has 0 spiro atoms. The SMILES string of the molecule is Cc1cc(N2CC(C(=O)NC3CCS(=O)(=O)C3)CC2=O)no1. The normalized spacial score (nSPS) is 27.3. The van der Waals surface area contributed by atoms with Crippen LogP contribution in [0.2, 0.25) is 0 Å². The fraction of sp³-hybridized carbons (Fsp3) is 0.615. The number of amides is 2. The molecule has 1 aromatic rings. The van der Waals surface area contributed by atoms with Gasteiger partial charge in [0.1, 0.15) is 5.76 Å². The number of sulfone groups is 1. The summed E-state index contributed by atoms with van der Waals surface area (Å²) in [5, 5.41) is 6.52. The molecule has 0 bridgehead atoms. The molecule has 2 fully saturated rings. The highest BCUT2D eigenvalue weighted by molar-refractivity contribution is 7.91. The maximum Gasteiger partial charge on any atom is 0.229 e. The molecular weight excluding hydrogens is 310 g/mol. The van der Waals surface area contributed by atoms with Crippen LogP contribution >= 0.6 is 0 Å². The molecule has 0 aliphatic carbocycles. The Balaban J connectivity index is 1.62. The molecule has 2 saturated heterocycles. The molecule has 1 N–H and O–H groups in total. The summed E-state index contributed by atoms with van der Waals surface area (Å²) in [4.78, 5) is 25.6. The number of hydrogen-bond acceptors (Lipinski definition) is 6. The van der Waals surface area contributed by atoms with E-state index < -0.39 is 15.8 Å². The van der Waals surface area contributed by atoms with Gasteiger partial charge in [-0.15, -0.1) is 0 Å². The van der Waals surface area contributed by atoms with Crippen LogP contribution in [0, 0.1) is 12.8 Å². The number of carbonyl (C=O) groups excluding carboxylic acids is 2. The molecule has 9 heteroatoms. The van der Waals surface area contributed by atoms with E-state index in [1.807, 2.05) is 0 Å². The Bertz CT molecular complexity index is 711. The van der Waals surface area contributed by atoms with Gasteiger partial charge in [-0.05, 0) is 13.3 Å². The van der Waals surface area contributed by atoms with Gasteiger partial charge >= 0.3 is 0 Å². The summed E-state index contributed by atoms with van der Waals surface area (Å²) in [6, 6.07) is 1.29. The van der Waals surface area contributed by atoms with Gasteiger partial charge in [-0.2, -0.15) is 0 Å². The van der Waals surface area contributed by atoms with Crippen LogP contribution in [0.3, 0.4) is 0 Å². The number of nitrogens with zero attached hydrogens (tertiary/aromatic N) is 2. The number of nitrogens with one attached hydrogen (secondary N) is 1. The first kappa shape index (κ1) is 15.0. The average molecular weight is 327 g/mol. The van der Waals surface area contributed by atoms with Gasteiger partial charge in [0, 0.05) is 25.1 Å². The molecule has 3 rings (SSSR count). The van der Waals surface area contributed by atoms with E-state index in [1.54, 1.807) is 13.0 Å². The van der Waals surface area contributed by atoms with Crippen molar-refractivity contribution in [2.75, 3.05) is 23.0 Å². The predicted octanol–water partition coefficient (Wildman–Crippen LogP) is -0.361. The van der Waals surface area contributed by atoms with Crippen LogP contribution in [-0.4, -0.2) is 49.5 Å². The van der Waals surface area contributed by atoms with Crippen molar-refractivity contribution in [3.63, 3.8) is 0 Å². The molecular formula is C13H17N3O5S. The summed E-state index contributed by atoms with van der Waals surface area (Å²) in [5.41, 5.74) is 0. The molecule has 3 heterocycles. The minimum atomic E-state index is -3.04. The zero-order valence-corrected chi connectivity index (χ0v) is 12.9. The van der Waals surface area contributed by atoms with E-state index in [-0.39, 0.29) is 42.3 Å². The van der Waals surface area contributed by atoms with Gasteiger partial charge in [0.15, 0.2) is 15.7 Å². The van der Waals surface area contributed by atoms with Gasteiger partial charge in [0.05, 0.1) is 17.4 Å². The summed E-state index contributed by atoms with van der Waals surface area (Å²) in [6.07, 6.45) is 0.526. The van der Waals surface area contributed by atoms with E-state index >= 15 is 0 Å². The fourth-order valence-corrected chi connectivity index (χ4v) is 4.49. The van der Waals surface area contributed by atoms with E-state index in [1.165, 1.54) is 4.90 Å². The van der Waals surface area contributed by atoms with E-state index in [0.717, 1.165) is 0 Å². The lowest BCUT2D eigenvalue weighted by Crippen LogP contribution is -2.40. The van der Waals surface area contributed by atoms with Crippen molar-refractivity contribution in [2.24, 2.45) is 5.92 Å². The number of hydrogen-bond donors (Lipinski definition) is 1. The highest BCUT2D eigenvalue weighted by atomic mass is 32.2. The predicted molar refractivity (Wildman–Crippen MR) is 76.9 cm³/mol. The highest BCUT2D eigenvalue weighted by Crippen LogP contribution is 2.25. The Hall–Kier alpha value is -1.90. The van der Waals surface area contributed by atoms with E-state index in [4.69, 9.17) is 4.52 Å². The Morgan fingerprint density at radius 1 is 1.50 bits per heavy atom. The molecule has 120 valence electrons. The average Bonchev–Trinajstić information content (AvgIpc) is 3.09. The standard InChI is InChI=1S/C13H17N3O5S/c1-8-4-11(15-21-8)16-6-9(5-12(16)17)13(18)14-10-2-3-22(19,20)7-10/h4,9-10H,2-3,5-7H2,1H3,(H,14,18). The molecule has 2 aliphatic heterocycles. The summed E-state index contributed by atoms with van der Waals surface area (Å²) >= 11 is 0. The zero-order valence-electron chi connectivity index (χ0n) is 12.1. The Morgan fingerprint density at radius 2 is 2.27 bits per heavy atom. The number of rotatable bonds is 3. The highest BCUT2D eigenvalue weighted by Gasteiger charge is 2.38. The van der Waals surface area contributed by atoms with Crippen molar-refractivity contribution in [3.8, 4) is 0 Å². The molecule has 1 aromatic heterocycles. The lowest BCUT2D eigenvalue weighted by atomic mass is 10.1. The molecule has 2 aliphatic rings. The van der Waals surface area contributed by atoms with Gasteiger partial charge < -0.3 is 9.84 Å². The molecule has 2 amide bonds. The second-order valence-electron chi connectivity index (χ2n) is 5.81. The number of carbonyl (C=O) groups is 2. The Morgan fingerprint density at radius 3 is 2.86 bits per heavy atom. The van der Waals surface area contributed by atoms with E-state index in [0.29, 0.717) is 18.0 Å².